The van der Waals surface area contributed by atoms with Crippen LogP contribution in [-0.2, 0) is 184 Å². The predicted molar refractivity (Wildman–Crippen MR) is 8.24 cm³/mol. The van der Waals surface area contributed by atoms with Gasteiger partial charge in [0.05, 0.1) is 0 Å². The van der Waals surface area contributed by atoms with E-state index in [1.807, 2.05) is 0 Å². The van der Waals surface area contributed by atoms with E-state index in [-0.39, 0.29) is 70.0 Å². The van der Waals surface area contributed by atoms with Crippen LogP contribution in [0.2, 0.25) is 0 Å². The molecule has 0 aliphatic heterocycles. The van der Waals surface area contributed by atoms with Gasteiger partial charge < -0.3 is 0 Å². The molecular formula is ErNb6O18Y. The molecule has 0 aromatic rings. The maximum atomic E-state index is 8.60. The third kappa shape index (κ3) is 1200. The number of hydrogen-bond donors (Lipinski definition) is 0. The topological polar surface area (TPSA) is 343 Å². The second-order valence-electron chi connectivity index (χ2n) is 1.34. The van der Waals surface area contributed by atoms with Crippen molar-refractivity contribution in [1.82, 2.24) is 0 Å². The summed E-state index contributed by atoms with van der Waals surface area (Å²) in [7, 11) is 0. The Morgan fingerprint density at radius 2 is 0.308 bits per heavy atom. The molecule has 0 atom stereocenters. The van der Waals surface area contributed by atoms with E-state index in [2.05, 4.69) is 0 Å². The van der Waals surface area contributed by atoms with Gasteiger partial charge in [-0.15, -0.1) is 0 Å². The quantitative estimate of drug-likeness (QED) is 0.203. The average Bonchev–Trinajstić information content (AvgIpc) is 2.08. The summed E-state index contributed by atoms with van der Waals surface area (Å²) in [5, 5.41) is 0. The fraction of sp³-hybridized carbons (Fsp3) is 0. The van der Waals surface area contributed by atoms with Crippen molar-refractivity contribution in [2.45, 2.75) is 0 Å². The van der Waals surface area contributed by atoms with Gasteiger partial charge in [0.2, 0.25) is 0 Å². The van der Waals surface area contributed by atoms with Crippen LogP contribution in [-0.4, -0.2) is 0 Å². The Bertz CT molecular complexity index is 477. The Kier molecular flexibility index (Phi) is 94.6. The van der Waals surface area contributed by atoms with Crippen molar-refractivity contribution >= 4 is 0 Å². The molecular weight excluding hydrogens is 1100 g/mol. The SMILES string of the molecule is [Er+3].[O]=[Nb](=[O])[O-].[O]=[Nb](=[O])[O-].[O]=[Nb](=[O])[O-].[O]=[Nb](=[O])[O-].[O]=[Nb](=[O])[O-].[O]=[Nb](=[O])[O-].[Y+3]. The molecule has 26 heteroatoms. The van der Waals surface area contributed by atoms with Crippen LogP contribution in [0.1, 0.15) is 0 Å². The third-order valence-corrected chi connectivity index (χ3v) is 0. The molecule has 0 unspecified atom stereocenters. The first kappa shape index (κ1) is 52.2. The van der Waals surface area contributed by atoms with Gasteiger partial charge in [-0.05, 0) is 0 Å². The van der Waals surface area contributed by atoms with Gasteiger partial charge in [0.15, 0.2) is 0 Å². The Morgan fingerprint density at radius 1 is 0.308 bits per heavy atom. The largest absolute Gasteiger partial charge is 3.00 e. The molecule has 0 saturated carbocycles. The summed E-state index contributed by atoms with van der Waals surface area (Å²) in [5.41, 5.74) is 0. The molecule has 0 saturated heterocycles. The van der Waals surface area contributed by atoms with E-state index in [1.165, 1.54) is 0 Å². The molecule has 0 spiro atoms. The van der Waals surface area contributed by atoms with Crippen molar-refractivity contribution < 1.29 is 243 Å². The van der Waals surface area contributed by atoms with Crippen LogP contribution in [0.5, 0.6) is 0 Å². The summed E-state index contributed by atoms with van der Waals surface area (Å²) in [6.45, 7) is 0. The zero-order valence-corrected chi connectivity index (χ0v) is 28.8. The first-order chi connectivity index (χ1) is 10.4. The predicted octanol–water partition coefficient (Wildman–Crippen LogP) is -8.58. The number of rotatable bonds is 0. The van der Waals surface area contributed by atoms with Gasteiger partial charge in [0.1, 0.15) is 0 Å². The molecule has 18 nitrogen and oxygen atoms in total. The van der Waals surface area contributed by atoms with Crippen LogP contribution >= 0.6 is 0 Å². The van der Waals surface area contributed by atoms with Crippen LogP contribution in [0.4, 0.5) is 0 Å². The fourth-order valence-electron chi connectivity index (χ4n) is 0. The zero-order valence-electron chi connectivity index (χ0n) is 10.9. The van der Waals surface area contributed by atoms with E-state index < -0.39 is 113 Å². The van der Waals surface area contributed by atoms with Crippen molar-refractivity contribution in [2.75, 3.05) is 0 Å². The molecule has 0 aliphatic carbocycles. The van der Waals surface area contributed by atoms with E-state index in [1.54, 1.807) is 0 Å². The molecule has 0 N–H and O–H groups in total. The van der Waals surface area contributed by atoms with Crippen LogP contribution < -0.4 is 21.7 Å². The minimum absolute atomic E-state index is 0. The molecule has 1 radical (unpaired) electrons. The smallest absolute Gasteiger partial charge is 3.00 e. The molecule has 26 heavy (non-hydrogen) atoms. The Balaban J connectivity index is -0.0000000245. The molecule has 0 heterocycles. The molecule has 153 valence electrons. The summed E-state index contributed by atoms with van der Waals surface area (Å²) >= 11 is -25.2. The van der Waals surface area contributed by atoms with Crippen molar-refractivity contribution in [3.8, 4) is 0 Å². The Labute approximate surface area is 237 Å². The van der Waals surface area contributed by atoms with E-state index in [0.717, 1.165) is 0 Å². The molecule has 0 aromatic carbocycles. The van der Waals surface area contributed by atoms with Crippen LogP contribution in [0.3, 0.4) is 0 Å². The normalized spacial score (nSPS) is 5.77. The minimum atomic E-state index is -4.20. The molecule has 0 amide bonds. The fourth-order valence-corrected chi connectivity index (χ4v) is 0. The first-order valence-corrected chi connectivity index (χ1v) is 19.4. The molecule has 0 bridgehead atoms. The molecule has 0 aromatic heterocycles. The van der Waals surface area contributed by atoms with E-state index in [9.17, 15) is 0 Å². The van der Waals surface area contributed by atoms with Gasteiger partial charge in [-0.2, -0.15) is 0 Å². The van der Waals surface area contributed by atoms with Crippen LogP contribution in [0.25, 0.3) is 0 Å². The van der Waals surface area contributed by atoms with Crippen LogP contribution in [0, 0.1) is 37.3 Å². The second-order valence-corrected chi connectivity index (χ2v) is 7.94. The Morgan fingerprint density at radius 3 is 0.308 bits per heavy atom. The van der Waals surface area contributed by atoms with Crippen LogP contribution in [0.15, 0.2) is 0 Å². The summed E-state index contributed by atoms with van der Waals surface area (Å²) < 4.78 is 155. The van der Waals surface area contributed by atoms with Gasteiger partial charge in [0, 0.05) is 0 Å². The second kappa shape index (κ2) is 47.1. The maximum absolute atomic E-state index is 8.60. The number of hydrogen-bond acceptors (Lipinski definition) is 18. The first-order valence-electron chi connectivity index (χ1n) is 3.29. The third-order valence-electron chi connectivity index (χ3n) is 0. The van der Waals surface area contributed by atoms with E-state index >= 15 is 0 Å². The summed E-state index contributed by atoms with van der Waals surface area (Å²) in [4.78, 5) is 0. The van der Waals surface area contributed by atoms with Gasteiger partial charge in [-0.3, -0.25) is 0 Å². The molecule has 0 aliphatic rings. The van der Waals surface area contributed by atoms with Crippen molar-refractivity contribution in [1.29, 1.82) is 0 Å². The standard InChI is InChI=1S/Er.6Nb.18O.Y/q+3;;;;;;;;;;;;;;;;;;;6*-1;+3. The van der Waals surface area contributed by atoms with Crippen molar-refractivity contribution in [2.24, 2.45) is 0 Å². The summed E-state index contributed by atoms with van der Waals surface area (Å²) in [6, 6.07) is 0. The Hall–Kier alpha value is 4.15. The van der Waals surface area contributed by atoms with E-state index in [4.69, 9.17) is 60.7 Å². The summed E-state index contributed by atoms with van der Waals surface area (Å²) in [5.74, 6) is 0. The van der Waals surface area contributed by atoms with Crippen molar-refractivity contribution in [3.63, 3.8) is 0 Å². The van der Waals surface area contributed by atoms with E-state index in [0.29, 0.717) is 0 Å². The van der Waals surface area contributed by atoms with Gasteiger partial charge >= 0.3 is 243 Å². The maximum Gasteiger partial charge on any atom is 3.00 e. The monoisotopic (exact) mass is 1100 g/mol. The molecule has 0 rings (SSSR count). The summed E-state index contributed by atoms with van der Waals surface area (Å²) in [6.07, 6.45) is 0. The average molecular weight is 1100 g/mol. The molecule has 0 fully saturated rings. The van der Waals surface area contributed by atoms with Gasteiger partial charge in [-0.25, -0.2) is 0 Å². The zero-order chi connectivity index (χ0) is 21.5. The van der Waals surface area contributed by atoms with Gasteiger partial charge in [-0.1, -0.05) is 0 Å². The van der Waals surface area contributed by atoms with Gasteiger partial charge in [0.25, 0.3) is 0 Å². The minimum Gasteiger partial charge on any atom is 3.00 e. The van der Waals surface area contributed by atoms with Crippen molar-refractivity contribution in [3.05, 3.63) is 0 Å².